The van der Waals surface area contributed by atoms with Crippen molar-refractivity contribution in [3.05, 3.63) is 35.4 Å². The predicted octanol–water partition coefficient (Wildman–Crippen LogP) is 2.23. The van der Waals surface area contributed by atoms with E-state index in [1.54, 1.807) is 0 Å². The Hall–Kier alpha value is -1.39. The van der Waals surface area contributed by atoms with Crippen LogP contribution in [0.5, 0.6) is 0 Å². The largest absolute Gasteiger partial charge is 0.459 e. The monoisotopic (exact) mass is 264 g/mol. The molecule has 1 aromatic carbocycles. The molecule has 0 bridgehead atoms. The molecule has 19 heavy (non-hydrogen) atoms. The number of carbonyl (C=O) groups is 1. The Bertz CT molecular complexity index is 443. The smallest absolute Gasteiger partial charge is 0.338 e. The highest BCUT2D eigenvalue weighted by Gasteiger charge is 2.33. The van der Waals surface area contributed by atoms with Crippen molar-refractivity contribution >= 4 is 5.97 Å². The number of hydrogen-bond donors (Lipinski definition) is 0. The predicted molar refractivity (Wildman–Crippen MR) is 70.7 cm³/mol. The van der Waals surface area contributed by atoms with Crippen LogP contribution in [0, 0.1) is 6.92 Å². The summed E-state index contributed by atoms with van der Waals surface area (Å²) in [6.45, 7) is 6.79. The van der Waals surface area contributed by atoms with Crippen molar-refractivity contribution in [2.24, 2.45) is 0 Å². The fourth-order valence-corrected chi connectivity index (χ4v) is 1.88. The second-order valence-electron chi connectivity index (χ2n) is 5.47. The van der Waals surface area contributed by atoms with Gasteiger partial charge in [0.2, 0.25) is 0 Å². The van der Waals surface area contributed by atoms with Crippen LogP contribution in [0.1, 0.15) is 25.0 Å². The Labute approximate surface area is 113 Å². The van der Waals surface area contributed by atoms with Crippen molar-refractivity contribution in [2.75, 3.05) is 13.2 Å². The zero-order chi connectivity index (χ0) is 13.9. The number of benzene rings is 1. The van der Waals surface area contributed by atoms with Crippen LogP contribution in [-0.2, 0) is 25.6 Å². The molecule has 0 saturated carbocycles. The normalized spacial score (nSPS) is 21.9. The molecule has 1 fully saturated rings. The molecule has 0 aliphatic carbocycles. The molecular formula is C15H20O4. The average Bonchev–Trinajstić information content (AvgIpc) is 2.36. The standard InChI is InChI=1S/C15H20O4/c1-11-5-4-6-12(7-11)8-17-14(16)13-9-19-15(2,3)10-18-13/h4-7,13H,8-10H2,1-3H3. The first-order valence-corrected chi connectivity index (χ1v) is 6.44. The summed E-state index contributed by atoms with van der Waals surface area (Å²) < 4.78 is 16.3. The zero-order valence-electron chi connectivity index (χ0n) is 11.6. The van der Waals surface area contributed by atoms with Crippen LogP contribution < -0.4 is 0 Å². The molecule has 1 aliphatic heterocycles. The van der Waals surface area contributed by atoms with E-state index in [2.05, 4.69) is 0 Å². The Morgan fingerprint density at radius 1 is 1.47 bits per heavy atom. The molecule has 4 nitrogen and oxygen atoms in total. The van der Waals surface area contributed by atoms with Crippen molar-refractivity contribution in [3.8, 4) is 0 Å². The summed E-state index contributed by atoms with van der Waals surface area (Å²) in [6, 6.07) is 7.88. The summed E-state index contributed by atoms with van der Waals surface area (Å²) >= 11 is 0. The molecule has 0 radical (unpaired) electrons. The number of ether oxygens (including phenoxy) is 3. The van der Waals surface area contributed by atoms with Gasteiger partial charge in [0.25, 0.3) is 0 Å². The number of rotatable bonds is 3. The van der Waals surface area contributed by atoms with Crippen molar-refractivity contribution in [1.82, 2.24) is 0 Å². The van der Waals surface area contributed by atoms with E-state index in [4.69, 9.17) is 14.2 Å². The minimum Gasteiger partial charge on any atom is -0.459 e. The van der Waals surface area contributed by atoms with E-state index in [0.717, 1.165) is 11.1 Å². The van der Waals surface area contributed by atoms with Gasteiger partial charge in [-0.25, -0.2) is 4.79 Å². The van der Waals surface area contributed by atoms with Gasteiger partial charge in [0.15, 0.2) is 6.10 Å². The Morgan fingerprint density at radius 2 is 2.26 bits per heavy atom. The third kappa shape index (κ3) is 4.04. The zero-order valence-corrected chi connectivity index (χ0v) is 11.6. The van der Waals surface area contributed by atoms with Gasteiger partial charge in [-0.1, -0.05) is 29.8 Å². The maximum absolute atomic E-state index is 11.8. The molecule has 0 amide bonds. The van der Waals surface area contributed by atoms with Crippen molar-refractivity contribution in [2.45, 2.75) is 39.1 Å². The topological polar surface area (TPSA) is 44.8 Å². The summed E-state index contributed by atoms with van der Waals surface area (Å²) in [7, 11) is 0. The lowest BCUT2D eigenvalue weighted by molar-refractivity contribution is -0.198. The minimum atomic E-state index is -0.613. The molecular weight excluding hydrogens is 244 g/mol. The van der Waals surface area contributed by atoms with Crippen LogP contribution >= 0.6 is 0 Å². The third-order valence-corrected chi connectivity index (χ3v) is 2.98. The van der Waals surface area contributed by atoms with Crippen molar-refractivity contribution < 1.29 is 19.0 Å². The summed E-state index contributed by atoms with van der Waals surface area (Å²) in [4.78, 5) is 11.8. The third-order valence-electron chi connectivity index (χ3n) is 2.98. The van der Waals surface area contributed by atoms with Crippen LogP contribution in [0.4, 0.5) is 0 Å². The van der Waals surface area contributed by atoms with Gasteiger partial charge in [0.05, 0.1) is 18.8 Å². The summed E-state index contributed by atoms with van der Waals surface area (Å²) in [5.74, 6) is -0.364. The second kappa shape index (κ2) is 5.72. The Morgan fingerprint density at radius 3 is 2.89 bits per heavy atom. The fraction of sp³-hybridized carbons (Fsp3) is 0.533. The summed E-state index contributed by atoms with van der Waals surface area (Å²) in [5.41, 5.74) is 1.80. The number of esters is 1. The van der Waals surface area contributed by atoms with E-state index in [-0.39, 0.29) is 24.8 Å². The lowest BCUT2D eigenvalue weighted by atomic mass is 10.1. The molecule has 0 N–H and O–H groups in total. The molecule has 1 heterocycles. The SMILES string of the molecule is Cc1cccc(COC(=O)C2COC(C)(C)CO2)c1. The Balaban J connectivity index is 1.82. The van der Waals surface area contributed by atoms with E-state index in [1.807, 2.05) is 45.0 Å². The fourth-order valence-electron chi connectivity index (χ4n) is 1.88. The maximum Gasteiger partial charge on any atom is 0.338 e. The highest BCUT2D eigenvalue weighted by Crippen LogP contribution is 2.18. The molecule has 4 heteroatoms. The van der Waals surface area contributed by atoms with Gasteiger partial charge < -0.3 is 14.2 Å². The molecule has 2 rings (SSSR count). The van der Waals surface area contributed by atoms with Crippen LogP contribution in [0.15, 0.2) is 24.3 Å². The van der Waals surface area contributed by atoms with E-state index < -0.39 is 6.10 Å². The highest BCUT2D eigenvalue weighted by molar-refractivity contribution is 5.75. The minimum absolute atomic E-state index is 0.250. The van der Waals surface area contributed by atoms with Crippen LogP contribution in [-0.4, -0.2) is 30.9 Å². The summed E-state index contributed by atoms with van der Waals surface area (Å²) in [5, 5.41) is 0. The van der Waals surface area contributed by atoms with Crippen LogP contribution in [0.3, 0.4) is 0 Å². The molecule has 0 spiro atoms. The van der Waals surface area contributed by atoms with Crippen molar-refractivity contribution in [1.29, 1.82) is 0 Å². The van der Waals surface area contributed by atoms with Gasteiger partial charge >= 0.3 is 5.97 Å². The second-order valence-corrected chi connectivity index (χ2v) is 5.47. The van der Waals surface area contributed by atoms with E-state index in [0.29, 0.717) is 6.61 Å². The average molecular weight is 264 g/mol. The molecule has 1 atom stereocenters. The lowest BCUT2D eigenvalue weighted by Gasteiger charge is -2.33. The first-order chi connectivity index (χ1) is 8.96. The van der Waals surface area contributed by atoms with Gasteiger partial charge in [0, 0.05) is 0 Å². The van der Waals surface area contributed by atoms with Crippen molar-refractivity contribution in [3.63, 3.8) is 0 Å². The number of carbonyl (C=O) groups excluding carboxylic acids is 1. The van der Waals surface area contributed by atoms with Gasteiger partial charge in [0.1, 0.15) is 6.61 Å². The molecule has 1 aromatic rings. The molecule has 0 aromatic heterocycles. The van der Waals surface area contributed by atoms with E-state index >= 15 is 0 Å². The van der Waals surface area contributed by atoms with Gasteiger partial charge in [-0.2, -0.15) is 0 Å². The number of hydrogen-bond acceptors (Lipinski definition) is 4. The van der Waals surface area contributed by atoms with Crippen LogP contribution in [0.25, 0.3) is 0 Å². The lowest BCUT2D eigenvalue weighted by Crippen LogP contribution is -2.46. The van der Waals surface area contributed by atoms with Gasteiger partial charge in [-0.3, -0.25) is 0 Å². The van der Waals surface area contributed by atoms with E-state index in [9.17, 15) is 4.79 Å². The maximum atomic E-state index is 11.8. The quantitative estimate of drug-likeness (QED) is 0.785. The molecule has 1 unspecified atom stereocenters. The highest BCUT2D eigenvalue weighted by atomic mass is 16.6. The number of aryl methyl sites for hydroxylation is 1. The van der Waals surface area contributed by atoms with Gasteiger partial charge in [-0.05, 0) is 26.3 Å². The molecule has 104 valence electrons. The molecule has 1 aliphatic rings. The molecule has 1 saturated heterocycles. The summed E-state index contributed by atoms with van der Waals surface area (Å²) in [6.07, 6.45) is -0.613. The first kappa shape index (κ1) is 14.0. The van der Waals surface area contributed by atoms with E-state index in [1.165, 1.54) is 0 Å². The van der Waals surface area contributed by atoms with Gasteiger partial charge in [-0.15, -0.1) is 0 Å². The van der Waals surface area contributed by atoms with Crippen LogP contribution in [0.2, 0.25) is 0 Å². The Kier molecular flexibility index (Phi) is 4.22. The first-order valence-electron chi connectivity index (χ1n) is 6.44.